The summed E-state index contributed by atoms with van der Waals surface area (Å²) in [6.07, 6.45) is 3.58. The van der Waals surface area contributed by atoms with Crippen molar-refractivity contribution in [2.24, 2.45) is 0 Å². The number of hydrogen-bond acceptors (Lipinski definition) is 5. The number of fused-ring (bicyclic) bond motifs is 1. The van der Waals surface area contributed by atoms with Crippen LogP contribution in [0.15, 0.2) is 22.9 Å². The topological polar surface area (TPSA) is 64.5 Å². The Balaban J connectivity index is 1.73. The predicted molar refractivity (Wildman–Crippen MR) is 99.1 cm³/mol. The minimum Gasteiger partial charge on any atom is -0.472 e. The molecule has 2 aromatic rings. The van der Waals surface area contributed by atoms with Crippen LogP contribution in [-0.4, -0.2) is 45.8 Å². The van der Waals surface area contributed by atoms with E-state index in [4.69, 9.17) is 21.1 Å². The Kier molecular flexibility index (Phi) is 5.06. The summed E-state index contributed by atoms with van der Waals surface area (Å²) in [7, 11) is 0. The van der Waals surface area contributed by atoms with Gasteiger partial charge in [0.05, 0.1) is 11.9 Å². The first-order chi connectivity index (χ1) is 11.7. The van der Waals surface area contributed by atoms with Gasteiger partial charge in [0.1, 0.15) is 16.9 Å². The number of hydrogen-bond donors (Lipinski definition) is 0. The summed E-state index contributed by atoms with van der Waals surface area (Å²) in [6, 6.07) is 1.76. The van der Waals surface area contributed by atoms with Gasteiger partial charge in [0, 0.05) is 35.2 Å². The fraction of sp³-hybridized carbons (Fsp3) is 0.471. The number of halogens is 2. The first-order valence-electron chi connectivity index (χ1n) is 7.97. The Morgan fingerprint density at radius 2 is 2.08 bits per heavy atom. The molecule has 134 valence electrons. The van der Waals surface area contributed by atoms with Gasteiger partial charge in [-0.1, -0.05) is 11.6 Å². The zero-order chi connectivity index (χ0) is 18.2. The highest BCUT2D eigenvalue weighted by Crippen LogP contribution is 2.31. The van der Waals surface area contributed by atoms with Crippen LogP contribution >= 0.6 is 27.5 Å². The average molecular weight is 429 g/mol. The van der Waals surface area contributed by atoms with E-state index in [0.29, 0.717) is 24.1 Å². The molecule has 25 heavy (non-hydrogen) atoms. The molecule has 2 aromatic heterocycles. The van der Waals surface area contributed by atoms with Crippen molar-refractivity contribution in [3.63, 3.8) is 0 Å². The lowest BCUT2D eigenvalue weighted by atomic mass is 10.2. The van der Waals surface area contributed by atoms with Crippen LogP contribution < -0.4 is 4.74 Å². The van der Waals surface area contributed by atoms with Crippen LogP contribution in [0.1, 0.15) is 27.2 Å². The van der Waals surface area contributed by atoms with Crippen molar-refractivity contribution >= 4 is 44.4 Å². The molecule has 0 radical (unpaired) electrons. The summed E-state index contributed by atoms with van der Waals surface area (Å²) in [6.45, 7) is 6.62. The lowest BCUT2D eigenvalue weighted by Gasteiger charge is -2.24. The lowest BCUT2D eigenvalue weighted by Crippen LogP contribution is -2.36. The van der Waals surface area contributed by atoms with Crippen LogP contribution in [0.2, 0.25) is 5.15 Å². The number of carbonyl (C=O) groups excluding carboxylic acids is 1. The van der Waals surface area contributed by atoms with Crippen molar-refractivity contribution < 1.29 is 14.3 Å². The van der Waals surface area contributed by atoms with Gasteiger partial charge in [-0.15, -0.1) is 0 Å². The summed E-state index contributed by atoms with van der Waals surface area (Å²) in [5, 5.41) is 2.06. The maximum atomic E-state index is 12.2. The third kappa shape index (κ3) is 4.33. The molecule has 1 fully saturated rings. The van der Waals surface area contributed by atoms with Crippen LogP contribution in [-0.2, 0) is 4.74 Å². The molecule has 1 saturated heterocycles. The minimum atomic E-state index is -0.509. The second-order valence-electron chi connectivity index (χ2n) is 6.92. The van der Waals surface area contributed by atoms with Crippen molar-refractivity contribution in [2.45, 2.75) is 38.9 Å². The molecule has 0 bridgehead atoms. The van der Waals surface area contributed by atoms with Gasteiger partial charge >= 0.3 is 6.09 Å². The molecule has 1 amide bonds. The molecule has 0 aliphatic carbocycles. The monoisotopic (exact) mass is 427 g/mol. The van der Waals surface area contributed by atoms with E-state index in [-0.39, 0.29) is 12.2 Å². The maximum Gasteiger partial charge on any atom is 0.410 e. The van der Waals surface area contributed by atoms with E-state index in [0.717, 1.165) is 21.7 Å². The third-order valence-corrected chi connectivity index (χ3v) is 4.57. The molecule has 6 nitrogen and oxygen atoms in total. The number of nitrogens with zero attached hydrogens (tertiary/aromatic N) is 3. The van der Waals surface area contributed by atoms with Crippen LogP contribution in [0, 0.1) is 0 Å². The average Bonchev–Trinajstić information content (AvgIpc) is 2.97. The SMILES string of the molecule is CC(C)(C)OC(=O)N1CC[C@@H](Oc2ncc(Br)c3cc(Cl)ncc23)C1. The van der Waals surface area contributed by atoms with Crippen LogP contribution in [0.4, 0.5) is 4.79 Å². The van der Waals surface area contributed by atoms with Gasteiger partial charge in [-0.05, 0) is 42.8 Å². The fourth-order valence-electron chi connectivity index (χ4n) is 2.62. The first kappa shape index (κ1) is 18.2. The molecule has 1 aliphatic heterocycles. The summed E-state index contributed by atoms with van der Waals surface area (Å²) < 4.78 is 12.3. The quantitative estimate of drug-likeness (QED) is 0.662. The molecular weight excluding hydrogens is 410 g/mol. The van der Waals surface area contributed by atoms with Gasteiger partial charge in [0.2, 0.25) is 5.88 Å². The molecular formula is C17H19BrClN3O3. The van der Waals surface area contributed by atoms with Gasteiger partial charge < -0.3 is 14.4 Å². The molecule has 1 atom stereocenters. The third-order valence-electron chi connectivity index (χ3n) is 3.73. The smallest absolute Gasteiger partial charge is 0.410 e. The molecule has 3 rings (SSSR count). The molecule has 0 unspecified atom stereocenters. The van der Waals surface area contributed by atoms with Crippen molar-refractivity contribution in [1.29, 1.82) is 0 Å². The van der Waals surface area contributed by atoms with Gasteiger partial charge in [0.15, 0.2) is 0 Å². The highest BCUT2D eigenvalue weighted by Gasteiger charge is 2.31. The molecule has 1 aliphatic rings. The number of carbonyl (C=O) groups is 1. The molecule has 0 spiro atoms. The lowest BCUT2D eigenvalue weighted by molar-refractivity contribution is 0.0275. The van der Waals surface area contributed by atoms with Gasteiger partial charge in [-0.25, -0.2) is 14.8 Å². The largest absolute Gasteiger partial charge is 0.472 e. The molecule has 0 N–H and O–H groups in total. The van der Waals surface area contributed by atoms with E-state index < -0.39 is 5.60 Å². The zero-order valence-corrected chi connectivity index (χ0v) is 16.6. The second-order valence-corrected chi connectivity index (χ2v) is 8.16. The van der Waals surface area contributed by atoms with E-state index in [2.05, 4.69) is 25.9 Å². The summed E-state index contributed by atoms with van der Waals surface area (Å²) in [5.74, 6) is 0.485. The number of amides is 1. The van der Waals surface area contributed by atoms with Crippen LogP contribution in [0.3, 0.4) is 0 Å². The minimum absolute atomic E-state index is 0.139. The Morgan fingerprint density at radius 1 is 1.32 bits per heavy atom. The molecule has 3 heterocycles. The van der Waals surface area contributed by atoms with Crippen molar-refractivity contribution in [1.82, 2.24) is 14.9 Å². The summed E-state index contributed by atoms with van der Waals surface area (Å²) in [5.41, 5.74) is -0.509. The number of aromatic nitrogens is 2. The summed E-state index contributed by atoms with van der Waals surface area (Å²) >= 11 is 9.43. The van der Waals surface area contributed by atoms with Crippen molar-refractivity contribution in [2.75, 3.05) is 13.1 Å². The van der Waals surface area contributed by atoms with Gasteiger partial charge in [-0.2, -0.15) is 0 Å². The maximum absolute atomic E-state index is 12.2. The Morgan fingerprint density at radius 3 is 2.80 bits per heavy atom. The van der Waals surface area contributed by atoms with Gasteiger partial charge in [0.25, 0.3) is 0 Å². The highest BCUT2D eigenvalue weighted by molar-refractivity contribution is 9.10. The zero-order valence-electron chi connectivity index (χ0n) is 14.3. The van der Waals surface area contributed by atoms with E-state index in [1.165, 1.54) is 0 Å². The predicted octanol–water partition coefficient (Wildman–Crippen LogP) is 4.43. The number of likely N-dealkylation sites (tertiary alicyclic amines) is 1. The Hall–Kier alpha value is -1.60. The van der Waals surface area contributed by atoms with E-state index in [9.17, 15) is 4.79 Å². The number of rotatable bonds is 2. The molecule has 0 saturated carbocycles. The van der Waals surface area contributed by atoms with Crippen molar-refractivity contribution in [3.05, 3.63) is 28.1 Å². The van der Waals surface area contributed by atoms with E-state index in [1.54, 1.807) is 23.4 Å². The van der Waals surface area contributed by atoms with Crippen LogP contribution in [0.25, 0.3) is 10.8 Å². The molecule has 8 heteroatoms. The van der Waals surface area contributed by atoms with E-state index >= 15 is 0 Å². The van der Waals surface area contributed by atoms with Crippen LogP contribution in [0.5, 0.6) is 5.88 Å². The Bertz CT molecular complexity index is 810. The Labute approximate surface area is 159 Å². The second kappa shape index (κ2) is 6.96. The standard InChI is InChI=1S/C17H19BrClN3O3/c1-17(2,3)25-16(23)22-5-4-10(9-22)24-15-12-7-20-14(19)6-11(12)13(18)8-21-15/h6-8,10H,4-5,9H2,1-3H3/t10-/m1/s1. The number of ether oxygens (including phenoxy) is 2. The first-order valence-corrected chi connectivity index (χ1v) is 9.14. The normalized spacial score (nSPS) is 17.8. The fourth-order valence-corrected chi connectivity index (χ4v) is 3.21. The summed E-state index contributed by atoms with van der Waals surface area (Å²) in [4.78, 5) is 22.3. The highest BCUT2D eigenvalue weighted by atomic mass is 79.9. The molecule has 0 aromatic carbocycles. The number of pyridine rings is 2. The van der Waals surface area contributed by atoms with E-state index in [1.807, 2.05) is 20.8 Å². The van der Waals surface area contributed by atoms with Gasteiger partial charge in [-0.3, -0.25) is 0 Å². The van der Waals surface area contributed by atoms with Crippen molar-refractivity contribution in [3.8, 4) is 5.88 Å².